The van der Waals surface area contributed by atoms with E-state index in [1.54, 1.807) is 23.0 Å². The highest BCUT2D eigenvalue weighted by atomic mass is 35.5. The summed E-state index contributed by atoms with van der Waals surface area (Å²) in [6.45, 7) is 3.66. The zero-order chi connectivity index (χ0) is 12.6. The molecule has 17 heavy (non-hydrogen) atoms. The van der Waals surface area contributed by atoms with Crippen LogP contribution in [0.3, 0.4) is 0 Å². The minimum atomic E-state index is 0.00623. The first-order valence-electron chi connectivity index (χ1n) is 5.02. The average molecular weight is 250 g/mol. The number of aryl methyl sites for hydroxylation is 2. The molecule has 0 saturated heterocycles. The fourth-order valence-electron chi connectivity index (χ4n) is 1.48. The molecule has 0 aliphatic rings. The molecule has 0 saturated carbocycles. The SMILES string of the molecule is Cc1cc(C(=N)N)cc(-n2cc(Cl)c(C)n2)n1. The van der Waals surface area contributed by atoms with Crippen LogP contribution < -0.4 is 5.73 Å². The van der Waals surface area contributed by atoms with E-state index in [4.69, 9.17) is 22.7 Å². The molecule has 88 valence electrons. The Labute approximate surface area is 104 Å². The van der Waals surface area contributed by atoms with E-state index in [1.165, 1.54) is 0 Å². The van der Waals surface area contributed by atoms with Gasteiger partial charge in [0.25, 0.3) is 0 Å². The first kappa shape index (κ1) is 11.6. The lowest BCUT2D eigenvalue weighted by Gasteiger charge is -2.05. The van der Waals surface area contributed by atoms with Crippen LogP contribution in [0.2, 0.25) is 5.02 Å². The summed E-state index contributed by atoms with van der Waals surface area (Å²) in [7, 11) is 0. The van der Waals surface area contributed by atoms with Crippen LogP contribution in [-0.4, -0.2) is 20.6 Å². The molecule has 0 bridgehead atoms. The minimum absolute atomic E-state index is 0.00623. The molecule has 3 N–H and O–H groups in total. The van der Waals surface area contributed by atoms with Crippen molar-refractivity contribution in [3.8, 4) is 5.82 Å². The number of nitrogens with two attached hydrogens (primary N) is 1. The first-order valence-corrected chi connectivity index (χ1v) is 5.40. The molecule has 2 rings (SSSR count). The smallest absolute Gasteiger partial charge is 0.154 e. The Hall–Kier alpha value is -1.88. The van der Waals surface area contributed by atoms with E-state index in [0.717, 1.165) is 11.4 Å². The molecule has 6 heteroatoms. The van der Waals surface area contributed by atoms with Crippen LogP contribution in [-0.2, 0) is 0 Å². The van der Waals surface area contributed by atoms with E-state index in [1.807, 2.05) is 13.8 Å². The van der Waals surface area contributed by atoms with Crippen molar-refractivity contribution in [2.24, 2.45) is 5.73 Å². The van der Waals surface area contributed by atoms with Crippen molar-refractivity contribution in [3.05, 3.63) is 40.3 Å². The number of halogens is 1. The summed E-state index contributed by atoms with van der Waals surface area (Å²) < 4.78 is 1.58. The van der Waals surface area contributed by atoms with Gasteiger partial charge in [0.2, 0.25) is 0 Å². The fourth-order valence-corrected chi connectivity index (χ4v) is 1.61. The number of pyridine rings is 1. The van der Waals surface area contributed by atoms with Crippen molar-refractivity contribution in [1.29, 1.82) is 5.41 Å². The predicted molar refractivity (Wildman–Crippen MR) is 66.9 cm³/mol. The zero-order valence-electron chi connectivity index (χ0n) is 9.53. The summed E-state index contributed by atoms with van der Waals surface area (Å²) in [5.74, 6) is 0.608. The fraction of sp³-hybridized carbons (Fsp3) is 0.182. The largest absolute Gasteiger partial charge is 0.384 e. The summed E-state index contributed by atoms with van der Waals surface area (Å²) in [6.07, 6.45) is 1.68. The summed E-state index contributed by atoms with van der Waals surface area (Å²) in [6, 6.07) is 3.46. The Kier molecular flexibility index (Phi) is 2.85. The standard InChI is InChI=1S/C11H12ClN5/c1-6-3-8(11(13)14)4-10(15-6)17-5-9(12)7(2)16-17/h3-5H,1-2H3,(H3,13,14). The van der Waals surface area contributed by atoms with Crippen LogP contribution in [0.4, 0.5) is 0 Å². The summed E-state index contributed by atoms with van der Waals surface area (Å²) in [4.78, 5) is 4.33. The van der Waals surface area contributed by atoms with Crippen LogP contribution in [0.5, 0.6) is 0 Å². The van der Waals surface area contributed by atoms with Crippen LogP contribution in [0.15, 0.2) is 18.3 Å². The van der Waals surface area contributed by atoms with Gasteiger partial charge >= 0.3 is 0 Å². The van der Waals surface area contributed by atoms with Crippen molar-refractivity contribution in [1.82, 2.24) is 14.8 Å². The monoisotopic (exact) mass is 249 g/mol. The maximum atomic E-state index is 7.43. The minimum Gasteiger partial charge on any atom is -0.384 e. The summed E-state index contributed by atoms with van der Waals surface area (Å²) in [5, 5.41) is 12.2. The second kappa shape index (κ2) is 4.18. The molecule has 0 aliphatic carbocycles. The maximum absolute atomic E-state index is 7.43. The van der Waals surface area contributed by atoms with Crippen LogP contribution in [0.1, 0.15) is 17.0 Å². The van der Waals surface area contributed by atoms with E-state index in [9.17, 15) is 0 Å². The third kappa shape index (κ3) is 2.29. The number of nitrogens with zero attached hydrogens (tertiary/aromatic N) is 3. The highest BCUT2D eigenvalue weighted by Gasteiger charge is 2.08. The molecule has 5 nitrogen and oxygen atoms in total. The molecule has 0 spiro atoms. The van der Waals surface area contributed by atoms with Gasteiger partial charge in [-0.3, -0.25) is 5.41 Å². The molecular weight excluding hydrogens is 238 g/mol. The zero-order valence-corrected chi connectivity index (χ0v) is 10.3. The van der Waals surface area contributed by atoms with Crippen LogP contribution in [0, 0.1) is 19.3 Å². The predicted octanol–water partition coefficient (Wildman–Crippen LogP) is 1.82. The Morgan fingerprint density at radius 2 is 2.12 bits per heavy atom. The number of hydrogen-bond acceptors (Lipinski definition) is 3. The molecule has 0 unspecified atom stereocenters. The van der Waals surface area contributed by atoms with Crippen molar-refractivity contribution in [2.45, 2.75) is 13.8 Å². The third-order valence-electron chi connectivity index (χ3n) is 2.32. The number of aromatic nitrogens is 3. The van der Waals surface area contributed by atoms with Crippen molar-refractivity contribution >= 4 is 17.4 Å². The van der Waals surface area contributed by atoms with Gasteiger partial charge in [-0.25, -0.2) is 9.67 Å². The Balaban J connectivity index is 2.55. The average Bonchev–Trinajstić information content (AvgIpc) is 2.58. The van der Waals surface area contributed by atoms with Gasteiger partial charge in [-0.2, -0.15) is 5.10 Å². The van der Waals surface area contributed by atoms with E-state index in [-0.39, 0.29) is 5.84 Å². The highest BCUT2D eigenvalue weighted by Crippen LogP contribution is 2.16. The summed E-state index contributed by atoms with van der Waals surface area (Å²) in [5.41, 5.74) is 7.60. The van der Waals surface area contributed by atoms with Gasteiger partial charge in [0.1, 0.15) is 5.84 Å². The molecule has 2 heterocycles. The molecule has 0 aliphatic heterocycles. The van der Waals surface area contributed by atoms with Crippen molar-refractivity contribution in [3.63, 3.8) is 0 Å². The second-order valence-electron chi connectivity index (χ2n) is 3.78. The van der Waals surface area contributed by atoms with E-state index in [0.29, 0.717) is 16.4 Å². The number of rotatable bonds is 2. The van der Waals surface area contributed by atoms with Crippen LogP contribution >= 0.6 is 11.6 Å². The van der Waals surface area contributed by atoms with Gasteiger partial charge in [0, 0.05) is 11.3 Å². The molecule has 0 amide bonds. The Bertz CT molecular complexity index is 568. The topological polar surface area (TPSA) is 80.6 Å². The van der Waals surface area contributed by atoms with Gasteiger partial charge in [-0.05, 0) is 26.0 Å². The molecule has 0 radical (unpaired) electrons. The number of nitrogen functional groups attached to an aromatic ring is 1. The Morgan fingerprint density at radius 1 is 1.41 bits per heavy atom. The maximum Gasteiger partial charge on any atom is 0.154 e. The van der Waals surface area contributed by atoms with Crippen molar-refractivity contribution < 1.29 is 0 Å². The molecular formula is C11H12ClN5. The molecule has 0 atom stereocenters. The third-order valence-corrected chi connectivity index (χ3v) is 2.70. The number of amidine groups is 1. The van der Waals surface area contributed by atoms with E-state index >= 15 is 0 Å². The lowest BCUT2D eigenvalue weighted by molar-refractivity contribution is 0.826. The van der Waals surface area contributed by atoms with Crippen LogP contribution in [0.25, 0.3) is 5.82 Å². The lowest BCUT2D eigenvalue weighted by Crippen LogP contribution is -2.13. The number of hydrogen-bond donors (Lipinski definition) is 2. The molecule has 0 aromatic carbocycles. The summed E-state index contributed by atoms with van der Waals surface area (Å²) >= 11 is 5.94. The Morgan fingerprint density at radius 3 is 2.65 bits per heavy atom. The van der Waals surface area contributed by atoms with Gasteiger partial charge in [0.15, 0.2) is 5.82 Å². The van der Waals surface area contributed by atoms with Gasteiger partial charge in [-0.15, -0.1) is 0 Å². The normalized spacial score (nSPS) is 10.5. The second-order valence-corrected chi connectivity index (χ2v) is 4.18. The molecule has 0 fully saturated rings. The number of nitrogens with one attached hydrogen (secondary N) is 1. The molecule has 2 aromatic heterocycles. The first-order chi connectivity index (χ1) is 7.97. The van der Waals surface area contributed by atoms with E-state index in [2.05, 4.69) is 10.1 Å². The lowest BCUT2D eigenvalue weighted by atomic mass is 10.2. The highest BCUT2D eigenvalue weighted by molar-refractivity contribution is 6.31. The van der Waals surface area contributed by atoms with Crippen molar-refractivity contribution in [2.75, 3.05) is 0 Å². The van der Waals surface area contributed by atoms with E-state index < -0.39 is 0 Å². The van der Waals surface area contributed by atoms with Gasteiger partial charge in [-0.1, -0.05) is 11.6 Å². The van der Waals surface area contributed by atoms with Gasteiger partial charge in [0.05, 0.1) is 16.9 Å². The quantitative estimate of drug-likeness (QED) is 0.629. The van der Waals surface area contributed by atoms with Gasteiger partial charge < -0.3 is 5.73 Å². The molecule has 2 aromatic rings.